The normalized spacial score (nSPS) is 14.7. The van der Waals surface area contributed by atoms with E-state index in [2.05, 4.69) is 21.2 Å². The predicted molar refractivity (Wildman–Crippen MR) is 124 cm³/mol. The Hall–Kier alpha value is -2.28. The van der Waals surface area contributed by atoms with Crippen LogP contribution in [0, 0.1) is 0 Å². The third kappa shape index (κ3) is 4.72. The molecular weight excluding hydrogens is 418 g/mol. The van der Waals surface area contributed by atoms with Gasteiger partial charge < -0.3 is 14.4 Å². The fraction of sp³-hybridized carbons (Fsp3) is 0.348. The van der Waals surface area contributed by atoms with E-state index in [0.717, 1.165) is 71.2 Å². The van der Waals surface area contributed by atoms with Crippen molar-refractivity contribution in [2.75, 3.05) is 44.8 Å². The Labute approximate surface area is 186 Å². The Morgan fingerprint density at radius 2 is 1.87 bits per heavy atom. The fourth-order valence-electron chi connectivity index (χ4n) is 3.67. The van der Waals surface area contributed by atoms with E-state index in [1.807, 2.05) is 43.3 Å². The van der Waals surface area contributed by atoms with Crippen molar-refractivity contribution in [3.8, 4) is 22.1 Å². The van der Waals surface area contributed by atoms with Crippen molar-refractivity contribution in [2.45, 2.75) is 13.5 Å². The lowest BCUT2D eigenvalue weighted by Crippen LogP contribution is -2.46. The second-order valence-electron chi connectivity index (χ2n) is 7.16. The van der Waals surface area contributed by atoms with Gasteiger partial charge in [0.15, 0.2) is 11.5 Å². The first-order valence-electron chi connectivity index (χ1n) is 10.2. The molecule has 0 atom stereocenters. The van der Waals surface area contributed by atoms with Crippen molar-refractivity contribution >= 4 is 28.6 Å². The Morgan fingerprint density at radius 3 is 2.60 bits per heavy atom. The summed E-state index contributed by atoms with van der Waals surface area (Å²) in [4.78, 5) is 9.67. The molecule has 30 heavy (non-hydrogen) atoms. The molecule has 0 bridgehead atoms. The van der Waals surface area contributed by atoms with Crippen LogP contribution < -0.4 is 14.4 Å². The van der Waals surface area contributed by atoms with Crippen LogP contribution in [0.25, 0.3) is 10.6 Å². The summed E-state index contributed by atoms with van der Waals surface area (Å²) in [6.45, 7) is 7.37. The molecule has 0 saturated carbocycles. The molecule has 158 valence electrons. The van der Waals surface area contributed by atoms with Gasteiger partial charge in [-0.1, -0.05) is 23.7 Å². The van der Waals surface area contributed by atoms with E-state index in [1.54, 1.807) is 18.4 Å². The van der Waals surface area contributed by atoms with Crippen LogP contribution in [0.5, 0.6) is 11.5 Å². The Balaban J connectivity index is 1.38. The average molecular weight is 444 g/mol. The molecular formula is C23H26ClN3O2S. The number of benzene rings is 2. The van der Waals surface area contributed by atoms with Crippen LogP contribution in [0.15, 0.2) is 47.8 Å². The van der Waals surface area contributed by atoms with Crippen LogP contribution in [0.3, 0.4) is 0 Å². The third-order valence-corrected chi connectivity index (χ3v) is 6.47. The molecule has 2 aromatic carbocycles. The molecule has 7 heteroatoms. The van der Waals surface area contributed by atoms with E-state index in [1.165, 1.54) is 0 Å². The maximum absolute atomic E-state index is 6.35. The number of anilines is 1. The van der Waals surface area contributed by atoms with Crippen molar-refractivity contribution < 1.29 is 9.47 Å². The van der Waals surface area contributed by atoms with Crippen LogP contribution >= 0.6 is 22.9 Å². The van der Waals surface area contributed by atoms with Crippen LogP contribution in [0.2, 0.25) is 5.02 Å². The number of hydrogen-bond acceptors (Lipinski definition) is 6. The Bertz CT molecular complexity index is 986. The van der Waals surface area contributed by atoms with Crippen LogP contribution in [-0.4, -0.2) is 49.8 Å². The summed E-state index contributed by atoms with van der Waals surface area (Å²) < 4.78 is 11.1. The van der Waals surface area contributed by atoms with E-state index in [4.69, 9.17) is 26.1 Å². The molecule has 5 nitrogen and oxygen atoms in total. The van der Waals surface area contributed by atoms with Crippen LogP contribution in [0.1, 0.15) is 12.6 Å². The van der Waals surface area contributed by atoms with Gasteiger partial charge in [0.2, 0.25) is 0 Å². The summed E-state index contributed by atoms with van der Waals surface area (Å²) in [7, 11) is 1.66. The Kier molecular flexibility index (Phi) is 6.77. The summed E-state index contributed by atoms with van der Waals surface area (Å²) in [5.41, 5.74) is 3.28. The zero-order chi connectivity index (χ0) is 20.9. The van der Waals surface area contributed by atoms with Gasteiger partial charge in [-0.2, -0.15) is 0 Å². The fourth-order valence-corrected chi connectivity index (χ4v) is 4.73. The van der Waals surface area contributed by atoms with Crippen LogP contribution in [0.4, 0.5) is 5.69 Å². The molecule has 0 spiro atoms. The van der Waals surface area contributed by atoms with Gasteiger partial charge in [0.05, 0.1) is 30.1 Å². The zero-order valence-corrected chi connectivity index (χ0v) is 18.9. The number of thiazole rings is 1. The third-order valence-electron chi connectivity index (χ3n) is 5.21. The van der Waals surface area contributed by atoms with Gasteiger partial charge >= 0.3 is 0 Å². The number of aromatic nitrogens is 1. The minimum atomic E-state index is 0.612. The number of methoxy groups -OCH3 is 1. The molecule has 1 aliphatic rings. The lowest BCUT2D eigenvalue weighted by molar-refractivity contribution is 0.247. The molecule has 0 N–H and O–H groups in total. The largest absolute Gasteiger partial charge is 0.493 e. The van der Waals surface area contributed by atoms with Crippen molar-refractivity contribution in [1.82, 2.24) is 9.88 Å². The van der Waals surface area contributed by atoms with Gasteiger partial charge in [0, 0.05) is 43.7 Å². The number of piperazine rings is 1. The number of rotatable bonds is 7. The number of ether oxygens (including phenoxy) is 2. The number of halogens is 1. The number of para-hydroxylation sites is 1. The Morgan fingerprint density at radius 1 is 1.07 bits per heavy atom. The van der Waals surface area contributed by atoms with Crippen molar-refractivity contribution in [1.29, 1.82) is 0 Å². The quantitative estimate of drug-likeness (QED) is 0.502. The van der Waals surface area contributed by atoms with E-state index in [9.17, 15) is 0 Å². The summed E-state index contributed by atoms with van der Waals surface area (Å²) in [6, 6.07) is 14.1. The van der Waals surface area contributed by atoms with E-state index in [0.29, 0.717) is 6.61 Å². The first kappa shape index (κ1) is 21.0. The highest BCUT2D eigenvalue weighted by Crippen LogP contribution is 2.34. The minimum Gasteiger partial charge on any atom is -0.493 e. The standard InChI is InChI=1S/C23H26ClN3O2S/c1-3-29-21-9-8-17(14-22(21)28-2)23-25-18(16-30-23)15-26-10-12-27(13-11-26)20-7-5-4-6-19(20)24/h4-9,14,16H,3,10-13,15H2,1-2H3. The van der Waals surface area contributed by atoms with Crippen molar-refractivity contribution in [3.63, 3.8) is 0 Å². The van der Waals surface area contributed by atoms with Crippen LogP contribution in [-0.2, 0) is 6.54 Å². The molecule has 0 aliphatic carbocycles. The van der Waals surface area contributed by atoms with Gasteiger partial charge in [-0.15, -0.1) is 11.3 Å². The summed E-state index contributed by atoms with van der Waals surface area (Å²) in [5, 5.41) is 3.97. The molecule has 0 unspecified atom stereocenters. The van der Waals surface area contributed by atoms with E-state index >= 15 is 0 Å². The molecule has 1 aromatic heterocycles. The average Bonchev–Trinajstić information content (AvgIpc) is 3.24. The SMILES string of the molecule is CCOc1ccc(-c2nc(CN3CCN(c4ccccc4Cl)CC3)cs2)cc1OC. The first-order valence-corrected chi connectivity index (χ1v) is 11.4. The highest BCUT2D eigenvalue weighted by atomic mass is 35.5. The van der Waals surface area contributed by atoms with Gasteiger partial charge in [-0.05, 0) is 37.3 Å². The highest BCUT2D eigenvalue weighted by molar-refractivity contribution is 7.13. The first-order chi connectivity index (χ1) is 14.7. The molecule has 2 heterocycles. The van der Waals surface area contributed by atoms with Gasteiger partial charge in [-0.25, -0.2) is 4.98 Å². The molecule has 4 rings (SSSR count). The molecule has 3 aromatic rings. The summed E-state index contributed by atoms with van der Waals surface area (Å²) >= 11 is 8.02. The lowest BCUT2D eigenvalue weighted by atomic mass is 10.2. The second kappa shape index (κ2) is 9.69. The highest BCUT2D eigenvalue weighted by Gasteiger charge is 2.20. The van der Waals surface area contributed by atoms with Crippen molar-refractivity contribution in [2.24, 2.45) is 0 Å². The lowest BCUT2D eigenvalue weighted by Gasteiger charge is -2.36. The van der Waals surface area contributed by atoms with Gasteiger partial charge in [0.25, 0.3) is 0 Å². The monoisotopic (exact) mass is 443 g/mol. The summed E-state index contributed by atoms with van der Waals surface area (Å²) in [5.74, 6) is 1.50. The van der Waals surface area contributed by atoms with E-state index < -0.39 is 0 Å². The smallest absolute Gasteiger partial charge is 0.161 e. The predicted octanol–water partition coefficient (Wildman–Crippen LogP) is 5.19. The zero-order valence-electron chi connectivity index (χ0n) is 17.3. The molecule has 1 saturated heterocycles. The maximum atomic E-state index is 6.35. The number of nitrogens with zero attached hydrogens (tertiary/aromatic N) is 3. The number of hydrogen-bond donors (Lipinski definition) is 0. The van der Waals surface area contributed by atoms with Crippen molar-refractivity contribution in [3.05, 3.63) is 58.6 Å². The molecule has 1 aliphatic heterocycles. The molecule has 0 amide bonds. The van der Waals surface area contributed by atoms with Gasteiger partial charge in [-0.3, -0.25) is 4.90 Å². The molecule has 0 radical (unpaired) electrons. The van der Waals surface area contributed by atoms with E-state index in [-0.39, 0.29) is 0 Å². The topological polar surface area (TPSA) is 37.8 Å². The second-order valence-corrected chi connectivity index (χ2v) is 8.42. The minimum absolute atomic E-state index is 0.612. The van der Waals surface area contributed by atoms with Gasteiger partial charge in [0.1, 0.15) is 5.01 Å². The maximum Gasteiger partial charge on any atom is 0.161 e. The molecule has 1 fully saturated rings. The summed E-state index contributed by atoms with van der Waals surface area (Å²) in [6.07, 6.45) is 0.